The number of fused-ring (bicyclic) bond motifs is 2. The Morgan fingerprint density at radius 2 is 1.88 bits per heavy atom. The van der Waals surface area contributed by atoms with E-state index < -0.39 is 8.07 Å². The first-order chi connectivity index (χ1) is 19.2. The summed E-state index contributed by atoms with van der Waals surface area (Å²) in [4.78, 5) is 32.1. The van der Waals surface area contributed by atoms with Crippen LogP contribution >= 0.6 is 0 Å². The highest BCUT2D eigenvalue weighted by Gasteiger charge is 2.16. The van der Waals surface area contributed by atoms with E-state index in [0.717, 1.165) is 18.2 Å². The zero-order valence-corrected chi connectivity index (χ0v) is 24.6. The summed E-state index contributed by atoms with van der Waals surface area (Å²) < 4.78 is 14.9. The second-order valence-corrected chi connectivity index (χ2v) is 16.6. The molecule has 1 N–H and O–H groups in total. The van der Waals surface area contributed by atoms with Gasteiger partial charge in [0.1, 0.15) is 30.1 Å². The van der Waals surface area contributed by atoms with Gasteiger partial charge in [0, 0.05) is 33.7 Å². The molecule has 3 heterocycles. The highest BCUT2D eigenvalue weighted by molar-refractivity contribution is 6.76. The number of methoxy groups -OCH3 is 1. The lowest BCUT2D eigenvalue weighted by atomic mass is 10.1. The molecule has 0 fully saturated rings. The molecule has 0 radical (unpaired) electrons. The van der Waals surface area contributed by atoms with Gasteiger partial charge in [-0.2, -0.15) is 0 Å². The standard InChI is InChI=1S/C29H35N7O3Si/c1-20-8-6-11-23-25(20)29(37)36(21-9-7-10-22(16-21)38-2)24(34-23)12-13-30-27-26-28(32-17-31-27)35(18-33-26)19-39-14-15-40(3,4)5/h6-11,16-18H,12-15,19H2,1-5H3,(H,30,31,32). The molecule has 5 rings (SSSR count). The number of imidazole rings is 1. The molecule has 3 aromatic heterocycles. The number of aryl methyl sites for hydroxylation is 1. The number of hydrogen-bond acceptors (Lipinski definition) is 8. The Hall–Kier alpha value is -4.09. The predicted octanol–water partition coefficient (Wildman–Crippen LogP) is 4.81. The molecule has 11 heteroatoms. The van der Waals surface area contributed by atoms with Gasteiger partial charge < -0.3 is 14.8 Å². The number of ether oxygens (including phenoxy) is 2. The average Bonchev–Trinajstić information content (AvgIpc) is 3.34. The lowest BCUT2D eigenvalue weighted by Crippen LogP contribution is -2.26. The summed E-state index contributed by atoms with van der Waals surface area (Å²) in [5.41, 5.74) is 3.54. The van der Waals surface area contributed by atoms with Crippen LogP contribution in [0.1, 0.15) is 11.4 Å². The third kappa shape index (κ3) is 5.90. The fraction of sp³-hybridized carbons (Fsp3) is 0.345. The maximum Gasteiger partial charge on any atom is 0.266 e. The summed E-state index contributed by atoms with van der Waals surface area (Å²) >= 11 is 0. The van der Waals surface area contributed by atoms with E-state index in [1.54, 1.807) is 18.0 Å². The summed E-state index contributed by atoms with van der Waals surface area (Å²) in [6.45, 7) is 10.5. The summed E-state index contributed by atoms with van der Waals surface area (Å²) in [6.07, 6.45) is 3.73. The topological polar surface area (TPSA) is 109 Å². The molecule has 0 atom stereocenters. The van der Waals surface area contributed by atoms with Crippen molar-refractivity contribution in [2.24, 2.45) is 0 Å². The van der Waals surface area contributed by atoms with Gasteiger partial charge in [-0.3, -0.25) is 13.9 Å². The molecule has 0 saturated carbocycles. The van der Waals surface area contributed by atoms with Gasteiger partial charge in [0.25, 0.3) is 5.56 Å². The van der Waals surface area contributed by atoms with Crippen molar-refractivity contribution in [2.75, 3.05) is 25.6 Å². The zero-order chi connectivity index (χ0) is 28.3. The molecule has 0 spiro atoms. The van der Waals surface area contributed by atoms with Crippen molar-refractivity contribution in [2.45, 2.75) is 45.8 Å². The van der Waals surface area contributed by atoms with E-state index in [1.165, 1.54) is 6.33 Å². The van der Waals surface area contributed by atoms with E-state index >= 15 is 0 Å². The molecule has 40 heavy (non-hydrogen) atoms. The number of aromatic nitrogens is 6. The van der Waals surface area contributed by atoms with Crippen molar-refractivity contribution in [3.63, 3.8) is 0 Å². The van der Waals surface area contributed by atoms with Gasteiger partial charge in [0.05, 0.1) is 30.0 Å². The van der Waals surface area contributed by atoms with Gasteiger partial charge in [-0.1, -0.05) is 37.8 Å². The third-order valence-electron chi connectivity index (χ3n) is 6.76. The van der Waals surface area contributed by atoms with Crippen molar-refractivity contribution in [1.82, 2.24) is 29.1 Å². The highest BCUT2D eigenvalue weighted by Crippen LogP contribution is 2.21. The first-order valence-corrected chi connectivity index (χ1v) is 17.1. The molecule has 0 aliphatic carbocycles. The van der Waals surface area contributed by atoms with E-state index in [-0.39, 0.29) is 5.56 Å². The molecule has 5 aromatic rings. The Morgan fingerprint density at radius 3 is 2.67 bits per heavy atom. The Morgan fingerprint density at radius 1 is 1.05 bits per heavy atom. The lowest BCUT2D eigenvalue weighted by molar-refractivity contribution is 0.0895. The zero-order valence-electron chi connectivity index (χ0n) is 23.6. The normalized spacial score (nSPS) is 11.8. The van der Waals surface area contributed by atoms with Gasteiger partial charge in [-0.25, -0.2) is 19.9 Å². The molecule has 0 aliphatic rings. The number of benzene rings is 2. The second-order valence-electron chi connectivity index (χ2n) is 11.0. The largest absolute Gasteiger partial charge is 0.497 e. The average molecular weight is 558 g/mol. The number of nitrogens with one attached hydrogen (secondary N) is 1. The fourth-order valence-electron chi connectivity index (χ4n) is 4.56. The molecule has 10 nitrogen and oxygen atoms in total. The maximum atomic E-state index is 13.8. The van der Waals surface area contributed by atoms with Gasteiger partial charge in [0.2, 0.25) is 0 Å². The molecule has 2 aromatic carbocycles. The van der Waals surface area contributed by atoms with Crippen LogP contribution in [0.25, 0.3) is 27.8 Å². The smallest absolute Gasteiger partial charge is 0.266 e. The third-order valence-corrected chi connectivity index (χ3v) is 8.46. The van der Waals surface area contributed by atoms with Crippen molar-refractivity contribution >= 4 is 36.0 Å². The molecule has 208 valence electrons. The van der Waals surface area contributed by atoms with Crippen LogP contribution in [-0.2, 0) is 17.9 Å². The Bertz CT molecular complexity index is 1710. The van der Waals surface area contributed by atoms with E-state index in [4.69, 9.17) is 14.5 Å². The SMILES string of the molecule is COc1cccc(-n2c(CCNc3ncnc4c3ncn4COCC[Si](C)(C)C)nc3cccc(C)c3c2=O)c1. The number of nitrogens with zero attached hydrogens (tertiary/aromatic N) is 6. The molecule has 0 aliphatic heterocycles. The molecular formula is C29H35N7O3Si. The first-order valence-electron chi connectivity index (χ1n) is 13.4. The Kier molecular flexibility index (Phi) is 7.94. The molecule has 0 unspecified atom stereocenters. The minimum atomic E-state index is -1.16. The minimum absolute atomic E-state index is 0.108. The van der Waals surface area contributed by atoms with Crippen LogP contribution in [0.15, 0.2) is 59.9 Å². The van der Waals surface area contributed by atoms with Crippen molar-refractivity contribution in [3.05, 3.63) is 76.9 Å². The van der Waals surface area contributed by atoms with Crippen molar-refractivity contribution in [1.29, 1.82) is 0 Å². The molecular weight excluding hydrogens is 522 g/mol. The van der Waals surface area contributed by atoms with E-state index in [9.17, 15) is 4.79 Å². The van der Waals surface area contributed by atoms with Crippen LogP contribution in [0.3, 0.4) is 0 Å². The molecule has 0 amide bonds. The Balaban J connectivity index is 1.39. The number of anilines is 1. The maximum absolute atomic E-state index is 13.8. The van der Waals surface area contributed by atoms with Gasteiger partial charge in [-0.05, 0) is 36.7 Å². The second kappa shape index (κ2) is 11.6. The summed E-state index contributed by atoms with van der Waals surface area (Å²) in [7, 11) is 0.454. The van der Waals surface area contributed by atoms with E-state index in [1.807, 2.05) is 54.0 Å². The van der Waals surface area contributed by atoms with Crippen LogP contribution in [0.5, 0.6) is 5.75 Å². The quantitative estimate of drug-likeness (QED) is 0.182. The van der Waals surface area contributed by atoms with E-state index in [0.29, 0.717) is 64.8 Å². The monoisotopic (exact) mass is 557 g/mol. The Labute approximate surface area is 234 Å². The summed E-state index contributed by atoms with van der Waals surface area (Å²) in [5.74, 6) is 1.93. The van der Waals surface area contributed by atoms with Crippen LogP contribution in [0, 0.1) is 6.92 Å². The summed E-state index contributed by atoms with van der Waals surface area (Å²) in [6, 6.07) is 14.3. The van der Waals surface area contributed by atoms with Gasteiger partial charge in [-0.15, -0.1) is 0 Å². The van der Waals surface area contributed by atoms with Gasteiger partial charge in [0.15, 0.2) is 11.5 Å². The van der Waals surface area contributed by atoms with Gasteiger partial charge >= 0.3 is 0 Å². The molecule has 0 saturated heterocycles. The number of rotatable bonds is 11. The molecule has 0 bridgehead atoms. The van der Waals surface area contributed by atoms with Crippen LogP contribution in [0.4, 0.5) is 5.82 Å². The van der Waals surface area contributed by atoms with Crippen molar-refractivity contribution < 1.29 is 9.47 Å². The highest BCUT2D eigenvalue weighted by atomic mass is 28.3. The van der Waals surface area contributed by atoms with E-state index in [2.05, 4.69) is 39.9 Å². The first kappa shape index (κ1) is 27.5. The fourth-order valence-corrected chi connectivity index (χ4v) is 5.32. The van der Waals surface area contributed by atoms with Crippen molar-refractivity contribution in [3.8, 4) is 11.4 Å². The number of hydrogen-bond donors (Lipinski definition) is 1. The predicted molar refractivity (Wildman–Crippen MR) is 160 cm³/mol. The summed E-state index contributed by atoms with van der Waals surface area (Å²) in [5, 5.41) is 3.98. The van der Waals surface area contributed by atoms with Crippen LogP contribution < -0.4 is 15.6 Å². The van der Waals surface area contributed by atoms with Crippen LogP contribution in [0.2, 0.25) is 25.7 Å². The minimum Gasteiger partial charge on any atom is -0.497 e. The van der Waals surface area contributed by atoms with Crippen LogP contribution in [-0.4, -0.2) is 57.4 Å². The lowest BCUT2D eigenvalue weighted by Gasteiger charge is -2.16.